The molecule has 4 aromatic rings. The highest BCUT2D eigenvalue weighted by atomic mass is 32.1. The molecule has 5 rings (SSSR count). The number of nitrogens with one attached hydrogen (secondary N) is 1. The Morgan fingerprint density at radius 3 is 2.69 bits per heavy atom. The molecule has 1 saturated heterocycles. The summed E-state index contributed by atoms with van der Waals surface area (Å²) >= 11 is 1.32. The molecular formula is C28H30F3N7O3S. The first kappa shape index (κ1) is 29.3. The maximum atomic E-state index is 13.7. The maximum Gasteiger partial charge on any atom is 0.433 e. The van der Waals surface area contributed by atoms with Gasteiger partial charge in [-0.05, 0) is 64.8 Å². The Bertz CT molecular complexity index is 1610. The first-order chi connectivity index (χ1) is 19.8. The van der Waals surface area contributed by atoms with Gasteiger partial charge in [0.25, 0.3) is 0 Å². The van der Waals surface area contributed by atoms with Crippen LogP contribution in [0.2, 0.25) is 0 Å². The van der Waals surface area contributed by atoms with E-state index in [2.05, 4.69) is 25.3 Å². The van der Waals surface area contributed by atoms with Gasteiger partial charge < -0.3 is 25.4 Å². The number of ether oxygens (including phenoxy) is 2. The SMILES string of the molecule is CC(Nc1nc(C(F)(F)F)ccc1-c1cc(Oc2cccc3sc(N)nc23)ncn1)C1CCCN1C(=O)OC(C)(C)C. The number of rotatable bonds is 6. The van der Waals surface area contributed by atoms with Crippen LogP contribution in [0.4, 0.5) is 28.9 Å². The van der Waals surface area contributed by atoms with Gasteiger partial charge in [0, 0.05) is 24.2 Å². The summed E-state index contributed by atoms with van der Waals surface area (Å²) in [6, 6.07) is 8.31. The number of para-hydroxylation sites is 1. The zero-order valence-corrected chi connectivity index (χ0v) is 24.2. The fourth-order valence-electron chi connectivity index (χ4n) is 4.78. The van der Waals surface area contributed by atoms with Crippen molar-refractivity contribution in [3.05, 3.63) is 48.4 Å². The lowest BCUT2D eigenvalue weighted by atomic mass is 10.1. The molecule has 4 heterocycles. The van der Waals surface area contributed by atoms with Gasteiger partial charge in [-0.2, -0.15) is 13.2 Å². The molecular weight excluding hydrogens is 571 g/mol. The van der Waals surface area contributed by atoms with Crippen molar-refractivity contribution in [1.82, 2.24) is 24.8 Å². The predicted molar refractivity (Wildman–Crippen MR) is 153 cm³/mol. The monoisotopic (exact) mass is 601 g/mol. The van der Waals surface area contributed by atoms with Gasteiger partial charge in [0.15, 0.2) is 10.9 Å². The second-order valence-corrected chi connectivity index (χ2v) is 12.0. The number of pyridine rings is 1. The lowest BCUT2D eigenvalue weighted by Gasteiger charge is -2.32. The highest BCUT2D eigenvalue weighted by Crippen LogP contribution is 2.36. The molecule has 0 saturated carbocycles. The number of thiazole rings is 1. The number of anilines is 2. The summed E-state index contributed by atoms with van der Waals surface area (Å²) in [4.78, 5) is 31.1. The quantitative estimate of drug-likeness (QED) is 0.247. The molecule has 0 bridgehead atoms. The van der Waals surface area contributed by atoms with Crippen LogP contribution < -0.4 is 15.8 Å². The number of aromatic nitrogens is 4. The second-order valence-electron chi connectivity index (χ2n) is 10.9. The van der Waals surface area contributed by atoms with Crippen LogP contribution in [0.25, 0.3) is 21.5 Å². The van der Waals surface area contributed by atoms with E-state index in [9.17, 15) is 18.0 Å². The van der Waals surface area contributed by atoms with E-state index in [1.165, 1.54) is 29.8 Å². The Hall–Kier alpha value is -4.20. The molecule has 1 fully saturated rings. The number of hydrogen-bond donors (Lipinski definition) is 2. The average molecular weight is 602 g/mol. The minimum atomic E-state index is -4.66. The average Bonchev–Trinajstić information content (AvgIpc) is 3.54. The zero-order chi connectivity index (χ0) is 30.2. The van der Waals surface area contributed by atoms with E-state index in [1.54, 1.807) is 44.7 Å². The van der Waals surface area contributed by atoms with E-state index >= 15 is 0 Å². The summed E-state index contributed by atoms with van der Waals surface area (Å²) in [5, 5.41) is 3.51. The van der Waals surface area contributed by atoms with E-state index in [1.807, 2.05) is 6.07 Å². The number of nitrogens with two attached hydrogens (primary N) is 1. The second kappa shape index (κ2) is 11.2. The molecule has 1 aromatic carbocycles. The van der Waals surface area contributed by atoms with Crippen molar-refractivity contribution in [2.24, 2.45) is 0 Å². The van der Waals surface area contributed by atoms with Gasteiger partial charge in [-0.15, -0.1) is 0 Å². The molecule has 2 unspecified atom stereocenters. The van der Waals surface area contributed by atoms with Crippen LogP contribution in [-0.2, 0) is 10.9 Å². The Balaban J connectivity index is 1.45. The van der Waals surface area contributed by atoms with Crippen LogP contribution in [0.1, 0.15) is 46.2 Å². The number of nitrogen functional groups attached to an aromatic ring is 1. The first-order valence-corrected chi connectivity index (χ1v) is 14.1. The molecule has 1 aliphatic heterocycles. The van der Waals surface area contributed by atoms with Gasteiger partial charge >= 0.3 is 12.3 Å². The van der Waals surface area contributed by atoms with Crippen LogP contribution in [0, 0.1) is 0 Å². The molecule has 42 heavy (non-hydrogen) atoms. The predicted octanol–water partition coefficient (Wildman–Crippen LogP) is 6.74. The van der Waals surface area contributed by atoms with Crippen LogP contribution in [0.3, 0.4) is 0 Å². The fourth-order valence-corrected chi connectivity index (χ4v) is 5.53. The number of halogens is 3. The largest absolute Gasteiger partial charge is 0.444 e. The molecule has 0 spiro atoms. The van der Waals surface area contributed by atoms with Crippen molar-refractivity contribution < 1.29 is 27.4 Å². The van der Waals surface area contributed by atoms with Gasteiger partial charge in [0.05, 0.1) is 16.4 Å². The van der Waals surface area contributed by atoms with E-state index < -0.39 is 29.6 Å². The molecule has 0 radical (unpaired) electrons. The van der Waals surface area contributed by atoms with Gasteiger partial charge in [-0.25, -0.2) is 24.7 Å². The minimum Gasteiger partial charge on any atom is -0.444 e. The molecule has 10 nitrogen and oxygen atoms in total. The van der Waals surface area contributed by atoms with Crippen molar-refractivity contribution in [2.45, 2.75) is 64.4 Å². The third-order valence-corrected chi connectivity index (χ3v) is 7.44. The van der Waals surface area contributed by atoms with Crippen LogP contribution in [0.5, 0.6) is 11.6 Å². The summed E-state index contributed by atoms with van der Waals surface area (Å²) in [6.45, 7) is 7.63. The number of alkyl halides is 3. The number of carbonyl (C=O) groups excluding carboxylic acids is 1. The van der Waals surface area contributed by atoms with Crippen LogP contribution in [-0.4, -0.2) is 55.2 Å². The van der Waals surface area contributed by atoms with E-state index in [0.717, 1.165) is 17.2 Å². The Morgan fingerprint density at radius 2 is 1.95 bits per heavy atom. The number of carbonyl (C=O) groups is 1. The molecule has 14 heteroatoms. The van der Waals surface area contributed by atoms with Gasteiger partial charge in [-0.3, -0.25) is 0 Å². The number of likely N-dealkylation sites (tertiary alicyclic amines) is 1. The van der Waals surface area contributed by atoms with Crippen LogP contribution >= 0.6 is 11.3 Å². The van der Waals surface area contributed by atoms with Crippen molar-refractivity contribution in [2.75, 3.05) is 17.6 Å². The normalized spacial score (nSPS) is 16.5. The summed E-state index contributed by atoms with van der Waals surface area (Å²) in [5.41, 5.74) is 5.27. The topological polar surface area (TPSA) is 128 Å². The zero-order valence-electron chi connectivity index (χ0n) is 23.4. The molecule has 3 N–H and O–H groups in total. The standard InChI is InChI=1S/C28H30F3N7O3S/c1-15(18-7-6-12-38(18)26(39)41-27(2,3)4)35-24-16(10-11-21(36-24)28(29,30)31)17-13-22(34-14-33-17)40-19-8-5-9-20-23(19)37-25(32)42-20/h5,8-11,13-15,18H,6-7,12H2,1-4H3,(H2,32,37)(H,35,36). The van der Waals surface area contributed by atoms with Gasteiger partial charge in [0.1, 0.15) is 29.0 Å². The minimum absolute atomic E-state index is 0.0348. The summed E-state index contributed by atoms with van der Waals surface area (Å²) < 4.78 is 53.4. The Kier molecular flexibility index (Phi) is 7.84. The molecule has 222 valence electrons. The van der Waals surface area contributed by atoms with E-state index in [-0.39, 0.29) is 23.4 Å². The molecule has 1 aliphatic rings. The van der Waals surface area contributed by atoms with Crippen LogP contribution in [0.15, 0.2) is 42.7 Å². The highest BCUT2D eigenvalue weighted by Gasteiger charge is 2.37. The molecule has 1 amide bonds. The van der Waals surface area contributed by atoms with Crippen molar-refractivity contribution in [3.63, 3.8) is 0 Å². The number of hydrogen-bond acceptors (Lipinski definition) is 10. The van der Waals surface area contributed by atoms with E-state index in [0.29, 0.717) is 34.9 Å². The molecule has 0 aliphatic carbocycles. The third kappa shape index (κ3) is 6.48. The van der Waals surface area contributed by atoms with Gasteiger partial charge in [0.2, 0.25) is 5.88 Å². The third-order valence-electron chi connectivity index (χ3n) is 6.59. The highest BCUT2D eigenvalue weighted by molar-refractivity contribution is 7.22. The summed E-state index contributed by atoms with van der Waals surface area (Å²) in [7, 11) is 0. The Labute approximate surface area is 244 Å². The smallest absolute Gasteiger partial charge is 0.433 e. The van der Waals surface area contributed by atoms with Gasteiger partial charge in [-0.1, -0.05) is 17.4 Å². The van der Waals surface area contributed by atoms with Crippen molar-refractivity contribution in [3.8, 4) is 22.9 Å². The maximum absolute atomic E-state index is 13.7. The van der Waals surface area contributed by atoms with Crippen molar-refractivity contribution >= 4 is 38.6 Å². The number of nitrogens with zero attached hydrogens (tertiary/aromatic N) is 5. The Morgan fingerprint density at radius 1 is 1.17 bits per heavy atom. The number of benzene rings is 1. The number of amides is 1. The van der Waals surface area contributed by atoms with E-state index in [4.69, 9.17) is 15.2 Å². The summed E-state index contributed by atoms with van der Waals surface area (Å²) in [5.74, 6) is 0.545. The lowest BCUT2D eigenvalue weighted by molar-refractivity contribution is -0.141. The molecule has 3 aromatic heterocycles. The summed E-state index contributed by atoms with van der Waals surface area (Å²) in [6.07, 6.45) is -2.48. The molecule has 2 atom stereocenters. The number of fused-ring (bicyclic) bond motifs is 1. The van der Waals surface area contributed by atoms with Crippen molar-refractivity contribution in [1.29, 1.82) is 0 Å². The fraction of sp³-hybridized carbons (Fsp3) is 0.393. The lowest BCUT2D eigenvalue weighted by Crippen LogP contribution is -2.46. The first-order valence-electron chi connectivity index (χ1n) is 13.3.